The molecule has 0 atom stereocenters. The van der Waals surface area contributed by atoms with Crippen molar-refractivity contribution in [1.29, 1.82) is 0 Å². The maximum absolute atomic E-state index is 2.65. The summed E-state index contributed by atoms with van der Waals surface area (Å²) in [5.74, 6) is 2.60. The Morgan fingerprint density at radius 2 is 0.833 bits per heavy atom. The van der Waals surface area contributed by atoms with Crippen LogP contribution in [0.3, 0.4) is 0 Å². The molecule has 15 rings (SSSR count). The quantitative estimate of drug-likeness (QED) is 0.167. The summed E-state index contributed by atoms with van der Waals surface area (Å²) in [6.07, 6.45) is 5.09. The Kier molecular flexibility index (Phi) is 9.16. The maximum Gasteiger partial charge on any atom is 0.0720 e. The summed E-state index contributed by atoms with van der Waals surface area (Å²) in [4.78, 5) is 2.53. The van der Waals surface area contributed by atoms with E-state index < -0.39 is 5.41 Å². The molecule has 72 heavy (non-hydrogen) atoms. The zero-order valence-corrected chi connectivity index (χ0v) is 41.0. The van der Waals surface area contributed by atoms with Crippen molar-refractivity contribution in [3.8, 4) is 27.9 Å². The summed E-state index contributed by atoms with van der Waals surface area (Å²) in [5.41, 5.74) is 20.5. The minimum Gasteiger partial charge on any atom is -0.310 e. The van der Waals surface area contributed by atoms with Gasteiger partial charge in [-0.25, -0.2) is 0 Å². The molecule has 0 amide bonds. The Morgan fingerprint density at radius 3 is 1.46 bits per heavy atom. The van der Waals surface area contributed by atoms with Crippen molar-refractivity contribution in [3.05, 3.63) is 264 Å². The van der Waals surface area contributed by atoms with E-state index in [2.05, 4.69) is 254 Å². The average Bonchev–Trinajstić information content (AvgIpc) is 3.92. The summed E-state index contributed by atoms with van der Waals surface area (Å²) in [5, 5.41) is 5.04. The number of fused-ring (bicyclic) bond motifs is 13. The lowest BCUT2D eigenvalue weighted by atomic mass is 9.41. The van der Waals surface area contributed by atoms with E-state index in [9.17, 15) is 0 Å². The number of rotatable bonds is 5. The van der Waals surface area contributed by atoms with Crippen molar-refractivity contribution >= 4 is 49.6 Å². The van der Waals surface area contributed by atoms with Crippen LogP contribution in [0.25, 0.3) is 60.5 Å². The number of hydrogen-bond acceptors (Lipinski definition) is 1. The van der Waals surface area contributed by atoms with Crippen LogP contribution in [0.4, 0.5) is 17.1 Å². The lowest BCUT2D eigenvalue weighted by Crippen LogP contribution is -2.56. The Labute approximate surface area is 422 Å². The predicted molar refractivity (Wildman–Crippen MR) is 300 cm³/mol. The van der Waals surface area contributed by atoms with Crippen molar-refractivity contribution in [1.82, 2.24) is 4.57 Å². The molecule has 0 saturated heterocycles. The number of anilines is 3. The van der Waals surface area contributed by atoms with Crippen molar-refractivity contribution in [3.63, 3.8) is 0 Å². The van der Waals surface area contributed by atoms with Crippen molar-refractivity contribution < 1.29 is 0 Å². The second kappa shape index (κ2) is 15.8. The fraction of sp³-hybridized carbons (Fsp3) is 0.171. The summed E-state index contributed by atoms with van der Waals surface area (Å²) in [7, 11) is 0. The minimum absolute atomic E-state index is 0.0618. The Balaban J connectivity index is 0.924. The summed E-state index contributed by atoms with van der Waals surface area (Å²) in [6, 6.07) is 87.9. The molecule has 2 fully saturated rings. The third-order valence-electron chi connectivity index (χ3n) is 18.0. The molecule has 346 valence electrons. The van der Waals surface area contributed by atoms with Crippen molar-refractivity contribution in [2.24, 2.45) is 23.7 Å². The van der Waals surface area contributed by atoms with Gasteiger partial charge in [-0.1, -0.05) is 184 Å². The van der Waals surface area contributed by atoms with Crippen LogP contribution in [0.5, 0.6) is 0 Å². The molecule has 4 aliphatic rings. The van der Waals surface area contributed by atoms with Gasteiger partial charge in [0, 0.05) is 38.9 Å². The number of benzene rings is 10. The number of nitrogens with zero attached hydrogens (tertiary/aromatic N) is 2. The molecule has 2 saturated carbocycles. The Bertz CT molecular complexity index is 3820. The third kappa shape index (κ3) is 5.78. The zero-order valence-electron chi connectivity index (χ0n) is 41.0. The van der Waals surface area contributed by atoms with Crippen molar-refractivity contribution in [2.45, 2.75) is 50.4 Å². The topological polar surface area (TPSA) is 8.17 Å². The highest BCUT2D eigenvalue weighted by atomic mass is 15.1. The zero-order chi connectivity index (χ0) is 47.7. The van der Waals surface area contributed by atoms with Crippen LogP contribution in [-0.4, -0.2) is 4.57 Å². The molecule has 0 unspecified atom stereocenters. The lowest BCUT2D eigenvalue weighted by Gasteiger charge is -2.61. The first-order valence-electron chi connectivity index (χ1n) is 26.4. The van der Waals surface area contributed by atoms with Gasteiger partial charge in [0.2, 0.25) is 0 Å². The van der Waals surface area contributed by atoms with Gasteiger partial charge in [0.05, 0.1) is 16.4 Å². The molecule has 2 spiro atoms. The molecular weight excluding hydrogens is 869 g/mol. The second-order valence-electron chi connectivity index (χ2n) is 21.9. The maximum atomic E-state index is 2.65. The van der Waals surface area contributed by atoms with Gasteiger partial charge >= 0.3 is 0 Å². The summed E-state index contributed by atoms with van der Waals surface area (Å²) >= 11 is 0. The Morgan fingerprint density at radius 1 is 0.375 bits per heavy atom. The highest BCUT2D eigenvalue weighted by molar-refractivity contribution is 6.09. The molecule has 0 aliphatic heterocycles. The van der Waals surface area contributed by atoms with Crippen LogP contribution in [0.2, 0.25) is 0 Å². The standard InChI is InChI=1S/C70H56N2/c1-45-39-51-41-46(2)42-52(40-45)69(51)63-23-11-12-24-64(63)70(61-21-9-5-17-57(61)58-18-6-10-22-62(58)70)66-44-56(37-38-65(66)69)71(55-36-31-47-15-3-4-16-50(47)43-55)53-32-27-48(28-33-53)49-29-34-54(35-30-49)72-67-25-13-7-19-59(67)60-20-8-14-26-68(60)72/h3-38,43-46,51-52H,39-42H2,1-2H3. The van der Waals surface area contributed by atoms with E-state index in [1.807, 2.05) is 0 Å². The van der Waals surface area contributed by atoms with Gasteiger partial charge in [0.1, 0.15) is 0 Å². The highest BCUT2D eigenvalue weighted by Crippen LogP contribution is 2.69. The molecular formula is C70H56N2. The first-order chi connectivity index (χ1) is 35.5. The van der Waals surface area contributed by atoms with E-state index in [1.54, 1.807) is 11.1 Å². The molecule has 2 nitrogen and oxygen atoms in total. The Hall–Kier alpha value is -7.94. The monoisotopic (exact) mass is 924 g/mol. The van der Waals surface area contributed by atoms with Gasteiger partial charge < -0.3 is 9.47 Å². The minimum atomic E-state index is -0.479. The largest absolute Gasteiger partial charge is 0.310 e. The predicted octanol–water partition coefficient (Wildman–Crippen LogP) is 18.1. The molecule has 2 heteroatoms. The van der Waals surface area contributed by atoms with Crippen LogP contribution < -0.4 is 4.90 Å². The van der Waals surface area contributed by atoms with E-state index in [-0.39, 0.29) is 5.41 Å². The van der Waals surface area contributed by atoms with E-state index in [4.69, 9.17) is 0 Å². The third-order valence-corrected chi connectivity index (χ3v) is 18.0. The van der Waals surface area contributed by atoms with Gasteiger partial charge in [-0.3, -0.25) is 0 Å². The molecule has 4 aliphatic carbocycles. The lowest BCUT2D eigenvalue weighted by molar-refractivity contribution is 0.0238. The van der Waals surface area contributed by atoms with E-state index in [0.29, 0.717) is 11.8 Å². The van der Waals surface area contributed by atoms with Crippen LogP contribution >= 0.6 is 0 Å². The van der Waals surface area contributed by atoms with Crippen molar-refractivity contribution in [2.75, 3.05) is 4.90 Å². The normalized spacial score (nSPS) is 21.1. The fourth-order valence-electron chi connectivity index (χ4n) is 15.5. The first-order valence-corrected chi connectivity index (χ1v) is 26.4. The SMILES string of the molecule is CC1CC2CC(C)CC(C1)C21c2ccccc2C2(c3ccccc3-c3ccccc32)c2cc(N(c3ccc(-c4ccc(-n5c6ccccc6c6ccccc65)cc4)cc3)c3ccc4ccccc4c3)ccc21. The van der Waals surface area contributed by atoms with E-state index in [1.165, 1.54) is 114 Å². The molecule has 11 aromatic rings. The molecule has 1 heterocycles. The van der Waals surface area contributed by atoms with Gasteiger partial charge in [-0.15, -0.1) is 0 Å². The van der Waals surface area contributed by atoms with Crippen LogP contribution in [0.15, 0.2) is 231 Å². The molecule has 0 radical (unpaired) electrons. The molecule has 0 N–H and O–H groups in total. The number of aromatic nitrogens is 1. The highest BCUT2D eigenvalue weighted by Gasteiger charge is 2.62. The average molecular weight is 925 g/mol. The fourth-order valence-corrected chi connectivity index (χ4v) is 15.5. The number of hydrogen-bond donors (Lipinski definition) is 0. The van der Waals surface area contributed by atoms with Crippen LogP contribution in [0.1, 0.15) is 72.9 Å². The van der Waals surface area contributed by atoms with E-state index in [0.717, 1.165) is 23.2 Å². The first kappa shape index (κ1) is 41.8. The van der Waals surface area contributed by atoms with Gasteiger partial charge in [-0.2, -0.15) is 0 Å². The summed E-state index contributed by atoms with van der Waals surface area (Å²) < 4.78 is 2.40. The number of para-hydroxylation sites is 2. The van der Waals surface area contributed by atoms with E-state index >= 15 is 0 Å². The van der Waals surface area contributed by atoms with Gasteiger partial charge in [-0.05, 0) is 176 Å². The molecule has 10 aromatic carbocycles. The second-order valence-corrected chi connectivity index (χ2v) is 21.9. The van der Waals surface area contributed by atoms with Crippen LogP contribution in [-0.2, 0) is 10.8 Å². The molecule has 2 bridgehead atoms. The summed E-state index contributed by atoms with van der Waals surface area (Å²) in [6.45, 7) is 5.06. The smallest absolute Gasteiger partial charge is 0.0720 e. The van der Waals surface area contributed by atoms with Gasteiger partial charge in [0.25, 0.3) is 0 Å². The van der Waals surface area contributed by atoms with Crippen LogP contribution in [0, 0.1) is 23.7 Å². The molecule has 1 aromatic heterocycles. The van der Waals surface area contributed by atoms with Gasteiger partial charge in [0.15, 0.2) is 0 Å².